The van der Waals surface area contributed by atoms with Gasteiger partial charge in [0.1, 0.15) is 17.4 Å². The van der Waals surface area contributed by atoms with E-state index >= 15 is 0 Å². The van der Waals surface area contributed by atoms with E-state index < -0.39 is 11.4 Å². The minimum atomic E-state index is -0.430. The molecule has 1 amide bonds. The first-order valence-corrected chi connectivity index (χ1v) is 10.6. The maximum atomic E-state index is 13.5. The van der Waals surface area contributed by atoms with E-state index in [1.54, 1.807) is 30.0 Å². The molecule has 170 valence electrons. The Kier molecular flexibility index (Phi) is 6.48. The van der Waals surface area contributed by atoms with Crippen molar-refractivity contribution in [3.05, 3.63) is 88.5 Å². The topological polar surface area (TPSA) is 90.5 Å². The second-order valence-electron chi connectivity index (χ2n) is 7.90. The van der Waals surface area contributed by atoms with Crippen LogP contribution in [0.15, 0.2) is 65.7 Å². The fourth-order valence-corrected chi connectivity index (χ4v) is 3.62. The van der Waals surface area contributed by atoms with E-state index in [2.05, 4.69) is 15.5 Å². The number of amides is 1. The summed E-state index contributed by atoms with van der Waals surface area (Å²) in [6.45, 7) is 2.38. The molecular weight excluding hydrogens is 425 g/mol. The first-order valence-electron chi connectivity index (χ1n) is 10.6. The van der Waals surface area contributed by atoms with E-state index in [0.29, 0.717) is 30.9 Å². The smallest absolute Gasteiger partial charge is 0.300 e. The van der Waals surface area contributed by atoms with Crippen LogP contribution in [0.2, 0.25) is 0 Å². The van der Waals surface area contributed by atoms with E-state index in [9.17, 15) is 14.0 Å². The summed E-state index contributed by atoms with van der Waals surface area (Å²) >= 11 is 0. The molecule has 2 heterocycles. The highest BCUT2D eigenvalue weighted by Gasteiger charge is 2.16. The molecule has 0 saturated heterocycles. The van der Waals surface area contributed by atoms with Crippen molar-refractivity contribution in [2.75, 3.05) is 7.11 Å². The van der Waals surface area contributed by atoms with Crippen LogP contribution in [0.4, 0.5) is 4.39 Å². The molecule has 0 aliphatic carbocycles. The minimum absolute atomic E-state index is 0.0149. The van der Waals surface area contributed by atoms with Crippen molar-refractivity contribution in [2.24, 2.45) is 5.92 Å². The molecule has 0 aliphatic rings. The van der Waals surface area contributed by atoms with E-state index in [-0.39, 0.29) is 17.5 Å². The van der Waals surface area contributed by atoms with Crippen LogP contribution >= 0.6 is 0 Å². The Labute approximate surface area is 189 Å². The largest absolute Gasteiger partial charge is 0.497 e. The third kappa shape index (κ3) is 5.08. The number of aromatic nitrogens is 4. The van der Waals surface area contributed by atoms with Crippen LogP contribution in [0.3, 0.4) is 0 Å². The lowest BCUT2D eigenvalue weighted by molar-refractivity contribution is -0.122. The summed E-state index contributed by atoms with van der Waals surface area (Å²) in [7, 11) is 1.61. The summed E-state index contributed by atoms with van der Waals surface area (Å²) in [6.07, 6.45) is 4.02. The number of nitrogens with one attached hydrogen (secondary N) is 1. The highest BCUT2D eigenvalue weighted by Crippen LogP contribution is 2.14. The van der Waals surface area contributed by atoms with Crippen molar-refractivity contribution in [3.8, 4) is 11.4 Å². The Balaban J connectivity index is 1.40. The molecule has 0 spiro atoms. The van der Waals surface area contributed by atoms with Gasteiger partial charge in [-0.05, 0) is 41.8 Å². The Hall–Kier alpha value is -4.01. The monoisotopic (exact) mass is 449 g/mol. The van der Waals surface area contributed by atoms with Crippen LogP contribution in [-0.4, -0.2) is 32.2 Å². The molecular formula is C24H24FN5O3. The quantitative estimate of drug-likeness (QED) is 0.447. The van der Waals surface area contributed by atoms with Gasteiger partial charge in [0.2, 0.25) is 11.6 Å². The SMILES string of the molecule is COc1ccc(CNC(=O)C[C@H](C)Cc2nnc3c(=O)n(-c4cccc(F)c4)ccn23)cc1. The van der Waals surface area contributed by atoms with Gasteiger partial charge in [-0.15, -0.1) is 10.2 Å². The molecule has 2 aromatic heterocycles. The summed E-state index contributed by atoms with van der Waals surface area (Å²) in [4.78, 5) is 25.2. The number of rotatable bonds is 8. The number of ether oxygens (including phenoxy) is 1. The highest BCUT2D eigenvalue weighted by molar-refractivity contribution is 5.76. The van der Waals surface area contributed by atoms with Gasteiger partial charge in [-0.3, -0.25) is 18.6 Å². The van der Waals surface area contributed by atoms with Gasteiger partial charge in [0.25, 0.3) is 0 Å². The van der Waals surface area contributed by atoms with Crippen LogP contribution in [0, 0.1) is 11.7 Å². The normalized spacial score (nSPS) is 12.0. The third-order valence-electron chi connectivity index (χ3n) is 5.34. The Bertz CT molecular complexity index is 1330. The van der Waals surface area contributed by atoms with Gasteiger partial charge in [-0.2, -0.15) is 0 Å². The fraction of sp³-hybridized carbons (Fsp3) is 0.250. The highest BCUT2D eigenvalue weighted by atomic mass is 19.1. The molecule has 8 nitrogen and oxygen atoms in total. The molecule has 1 atom stereocenters. The van der Waals surface area contributed by atoms with Crippen LogP contribution in [-0.2, 0) is 17.8 Å². The first kappa shape index (κ1) is 22.2. The van der Waals surface area contributed by atoms with Gasteiger partial charge in [0, 0.05) is 31.8 Å². The zero-order valence-electron chi connectivity index (χ0n) is 18.4. The van der Waals surface area contributed by atoms with Gasteiger partial charge in [-0.1, -0.05) is 25.1 Å². The number of hydrogen-bond acceptors (Lipinski definition) is 5. The Morgan fingerprint density at radius 2 is 1.94 bits per heavy atom. The van der Waals surface area contributed by atoms with E-state index in [1.807, 2.05) is 31.2 Å². The predicted molar refractivity (Wildman–Crippen MR) is 121 cm³/mol. The maximum Gasteiger partial charge on any atom is 0.300 e. The van der Waals surface area contributed by atoms with Crippen LogP contribution in [0.1, 0.15) is 24.7 Å². The Morgan fingerprint density at radius 3 is 2.67 bits per heavy atom. The zero-order valence-corrected chi connectivity index (χ0v) is 18.4. The lowest BCUT2D eigenvalue weighted by Gasteiger charge is -2.11. The third-order valence-corrected chi connectivity index (χ3v) is 5.34. The van der Waals surface area contributed by atoms with Gasteiger partial charge in [-0.25, -0.2) is 4.39 Å². The van der Waals surface area contributed by atoms with Crippen molar-refractivity contribution in [3.63, 3.8) is 0 Å². The predicted octanol–water partition coefficient (Wildman–Crippen LogP) is 2.91. The molecule has 2 aromatic carbocycles. The number of methoxy groups -OCH3 is 1. The van der Waals surface area contributed by atoms with Crippen molar-refractivity contribution >= 4 is 11.6 Å². The Morgan fingerprint density at radius 1 is 1.15 bits per heavy atom. The average Bonchev–Trinajstić information content (AvgIpc) is 3.21. The number of carbonyl (C=O) groups is 1. The van der Waals surface area contributed by atoms with E-state index in [1.165, 1.54) is 22.8 Å². The molecule has 0 aliphatic heterocycles. The van der Waals surface area contributed by atoms with Gasteiger partial charge in [0.05, 0.1) is 12.8 Å². The second-order valence-corrected chi connectivity index (χ2v) is 7.90. The standard InChI is InChI=1S/C24H24FN5O3/c1-16(13-22(31)26-15-17-6-8-20(33-2)9-7-17)12-21-27-28-23-24(32)29(10-11-30(21)23)19-5-3-4-18(25)14-19/h3-11,14,16H,12-13,15H2,1-2H3,(H,26,31)/t16-/m1/s1. The second kappa shape index (κ2) is 9.64. The summed E-state index contributed by atoms with van der Waals surface area (Å²) in [5.41, 5.74) is 1.14. The van der Waals surface area contributed by atoms with Gasteiger partial charge in [0.15, 0.2) is 0 Å². The molecule has 4 aromatic rings. The van der Waals surface area contributed by atoms with Crippen molar-refractivity contribution in [1.82, 2.24) is 24.5 Å². The van der Waals surface area contributed by atoms with Gasteiger partial charge < -0.3 is 10.1 Å². The average molecular weight is 449 g/mol. The molecule has 0 unspecified atom stereocenters. The summed E-state index contributed by atoms with van der Waals surface area (Å²) < 4.78 is 21.6. The summed E-state index contributed by atoms with van der Waals surface area (Å²) in [6, 6.07) is 13.3. The summed E-state index contributed by atoms with van der Waals surface area (Å²) in [5.74, 6) is 0.839. The van der Waals surface area contributed by atoms with Crippen LogP contribution in [0.25, 0.3) is 11.3 Å². The van der Waals surface area contributed by atoms with Crippen molar-refractivity contribution in [1.29, 1.82) is 0 Å². The lowest BCUT2D eigenvalue weighted by atomic mass is 10.0. The number of fused-ring (bicyclic) bond motifs is 1. The van der Waals surface area contributed by atoms with Crippen molar-refractivity contribution < 1.29 is 13.9 Å². The first-order chi connectivity index (χ1) is 15.9. The minimum Gasteiger partial charge on any atom is -0.497 e. The molecule has 0 fully saturated rings. The number of benzene rings is 2. The number of halogens is 1. The molecule has 4 rings (SSSR count). The zero-order chi connectivity index (χ0) is 23.4. The van der Waals surface area contributed by atoms with Crippen LogP contribution < -0.4 is 15.6 Å². The molecule has 9 heteroatoms. The molecule has 0 radical (unpaired) electrons. The molecule has 0 saturated carbocycles. The number of hydrogen-bond donors (Lipinski definition) is 1. The number of carbonyl (C=O) groups excluding carboxylic acids is 1. The summed E-state index contributed by atoms with van der Waals surface area (Å²) in [5, 5.41) is 11.1. The molecule has 0 bridgehead atoms. The maximum absolute atomic E-state index is 13.5. The van der Waals surface area contributed by atoms with Gasteiger partial charge >= 0.3 is 5.56 Å². The molecule has 1 N–H and O–H groups in total. The fourth-order valence-electron chi connectivity index (χ4n) is 3.62. The number of nitrogens with zero attached hydrogens (tertiary/aromatic N) is 4. The van der Waals surface area contributed by atoms with E-state index in [4.69, 9.17) is 4.74 Å². The van der Waals surface area contributed by atoms with Crippen molar-refractivity contribution in [2.45, 2.75) is 26.3 Å². The lowest BCUT2D eigenvalue weighted by Crippen LogP contribution is -2.25. The van der Waals surface area contributed by atoms with Crippen LogP contribution in [0.5, 0.6) is 5.75 Å². The van der Waals surface area contributed by atoms with E-state index in [0.717, 1.165) is 11.3 Å². The molecule has 33 heavy (non-hydrogen) atoms.